The molecule has 27 heavy (non-hydrogen) atoms. The molecule has 0 saturated heterocycles. The van der Waals surface area contributed by atoms with Gasteiger partial charge in [-0.15, -0.1) is 0 Å². The van der Waals surface area contributed by atoms with Gasteiger partial charge >= 0.3 is 0 Å². The summed E-state index contributed by atoms with van der Waals surface area (Å²) < 4.78 is 1.72. The lowest BCUT2D eigenvalue weighted by Crippen LogP contribution is -2.38. The summed E-state index contributed by atoms with van der Waals surface area (Å²) in [5, 5.41) is 7.93. The fraction of sp³-hybridized carbons (Fsp3) is 0.524. The van der Waals surface area contributed by atoms with Crippen LogP contribution in [0.5, 0.6) is 0 Å². The van der Waals surface area contributed by atoms with Crippen LogP contribution in [0, 0.1) is 12.8 Å². The topological polar surface area (TPSA) is 50.2 Å². The Morgan fingerprint density at radius 1 is 1.22 bits per heavy atom. The Hall–Kier alpha value is -1.85. The zero-order valence-corrected chi connectivity index (χ0v) is 17.8. The highest BCUT2D eigenvalue weighted by atomic mass is 35.5. The quantitative estimate of drug-likeness (QED) is 0.693. The number of aromatic nitrogens is 2. The normalized spacial score (nSPS) is 12.6. The molecule has 0 radical (unpaired) electrons. The van der Waals surface area contributed by atoms with E-state index in [1.54, 1.807) is 4.68 Å². The third kappa shape index (κ3) is 5.33. The lowest BCUT2D eigenvalue weighted by atomic mass is 10.0. The van der Waals surface area contributed by atoms with Crippen molar-refractivity contribution in [3.8, 4) is 0 Å². The molecule has 0 spiro atoms. The predicted molar refractivity (Wildman–Crippen MR) is 111 cm³/mol. The minimum Gasteiger partial charge on any atom is -0.350 e. The number of hydrogen-bond acceptors (Lipinski definition) is 3. The van der Waals surface area contributed by atoms with Crippen molar-refractivity contribution in [1.82, 2.24) is 20.0 Å². The first kappa shape index (κ1) is 21.5. The van der Waals surface area contributed by atoms with E-state index >= 15 is 0 Å². The van der Waals surface area contributed by atoms with Gasteiger partial charge in [0.2, 0.25) is 0 Å². The third-order valence-corrected chi connectivity index (χ3v) is 5.11. The zero-order valence-electron chi connectivity index (χ0n) is 17.0. The van der Waals surface area contributed by atoms with Crippen LogP contribution in [0.25, 0.3) is 0 Å². The molecule has 2 aromatic rings. The minimum atomic E-state index is -0.166. The van der Waals surface area contributed by atoms with Crippen LogP contribution in [0.15, 0.2) is 30.3 Å². The summed E-state index contributed by atoms with van der Waals surface area (Å²) in [7, 11) is 0. The van der Waals surface area contributed by atoms with Gasteiger partial charge in [0.1, 0.15) is 5.15 Å². The van der Waals surface area contributed by atoms with Crippen LogP contribution < -0.4 is 5.32 Å². The van der Waals surface area contributed by atoms with E-state index in [0.29, 0.717) is 35.4 Å². The highest BCUT2D eigenvalue weighted by Gasteiger charge is 2.23. The van der Waals surface area contributed by atoms with Gasteiger partial charge in [0, 0.05) is 13.1 Å². The molecule has 1 amide bonds. The van der Waals surface area contributed by atoms with Crippen molar-refractivity contribution in [3.05, 3.63) is 52.3 Å². The van der Waals surface area contributed by atoms with E-state index in [2.05, 4.69) is 55.1 Å². The maximum Gasteiger partial charge on any atom is 0.256 e. The number of halogens is 1. The first-order chi connectivity index (χ1) is 12.9. The monoisotopic (exact) mass is 390 g/mol. The lowest BCUT2D eigenvalue weighted by Gasteiger charge is -2.30. The molecule has 0 aliphatic rings. The second-order valence-electron chi connectivity index (χ2n) is 7.18. The van der Waals surface area contributed by atoms with Crippen LogP contribution in [0.2, 0.25) is 5.15 Å². The van der Waals surface area contributed by atoms with Gasteiger partial charge in [0.25, 0.3) is 5.91 Å². The maximum atomic E-state index is 12.9. The molecule has 5 nitrogen and oxygen atoms in total. The lowest BCUT2D eigenvalue weighted by molar-refractivity contribution is 0.0934. The number of nitrogens with one attached hydrogen (secondary N) is 1. The van der Waals surface area contributed by atoms with Crippen LogP contribution in [-0.4, -0.2) is 40.2 Å². The van der Waals surface area contributed by atoms with Gasteiger partial charge in [-0.3, -0.25) is 14.4 Å². The molecule has 6 heteroatoms. The molecular formula is C21H31ClN4O. The highest BCUT2D eigenvalue weighted by molar-refractivity contribution is 6.33. The molecule has 1 heterocycles. The van der Waals surface area contributed by atoms with Gasteiger partial charge in [-0.1, -0.05) is 69.6 Å². The van der Waals surface area contributed by atoms with Crippen molar-refractivity contribution < 1.29 is 4.79 Å². The van der Waals surface area contributed by atoms with Crippen LogP contribution in [0.1, 0.15) is 55.4 Å². The van der Waals surface area contributed by atoms with Crippen LogP contribution in [0.4, 0.5) is 0 Å². The Balaban J connectivity index is 2.17. The van der Waals surface area contributed by atoms with Crippen LogP contribution in [0.3, 0.4) is 0 Å². The molecule has 0 saturated carbocycles. The molecule has 0 aliphatic heterocycles. The average Bonchev–Trinajstić information content (AvgIpc) is 2.92. The number of rotatable bonds is 9. The number of nitrogens with zero attached hydrogens (tertiary/aromatic N) is 3. The Labute approximate surface area is 167 Å². The molecule has 1 aromatic heterocycles. The number of likely N-dealkylation sites (N-methyl/N-ethyl adjacent to an activating group) is 1. The van der Waals surface area contributed by atoms with Crippen molar-refractivity contribution in [2.45, 2.75) is 47.2 Å². The van der Waals surface area contributed by atoms with Gasteiger partial charge in [-0.2, -0.15) is 5.10 Å². The van der Waals surface area contributed by atoms with E-state index in [-0.39, 0.29) is 11.9 Å². The predicted octanol–water partition coefficient (Wildman–Crippen LogP) is 4.31. The van der Waals surface area contributed by atoms with Gasteiger partial charge in [-0.25, -0.2) is 0 Å². The molecule has 1 atom stereocenters. The first-order valence-corrected chi connectivity index (χ1v) is 10.1. The number of benzene rings is 1. The fourth-order valence-electron chi connectivity index (χ4n) is 3.35. The molecular weight excluding hydrogens is 360 g/mol. The Morgan fingerprint density at radius 3 is 2.41 bits per heavy atom. The van der Waals surface area contributed by atoms with Crippen molar-refractivity contribution in [3.63, 3.8) is 0 Å². The largest absolute Gasteiger partial charge is 0.350 e. The van der Waals surface area contributed by atoms with E-state index < -0.39 is 0 Å². The van der Waals surface area contributed by atoms with Gasteiger partial charge in [-0.05, 0) is 31.5 Å². The van der Waals surface area contributed by atoms with Gasteiger partial charge in [0.05, 0.1) is 17.3 Å². The summed E-state index contributed by atoms with van der Waals surface area (Å²) in [4.78, 5) is 15.2. The van der Waals surface area contributed by atoms with E-state index in [9.17, 15) is 4.79 Å². The number of amides is 1. The van der Waals surface area contributed by atoms with Crippen molar-refractivity contribution in [1.29, 1.82) is 0 Å². The van der Waals surface area contributed by atoms with E-state index in [0.717, 1.165) is 13.1 Å². The maximum absolute atomic E-state index is 12.9. The zero-order chi connectivity index (χ0) is 20.0. The summed E-state index contributed by atoms with van der Waals surface area (Å²) in [5.74, 6) is 0.239. The SMILES string of the molecule is CCN(CC)C(CNC(=O)c1c(C)nn(CC(C)C)c1Cl)c1ccccc1. The summed E-state index contributed by atoms with van der Waals surface area (Å²) in [5.41, 5.74) is 2.33. The Morgan fingerprint density at radius 2 is 1.85 bits per heavy atom. The van der Waals surface area contributed by atoms with Crippen molar-refractivity contribution >= 4 is 17.5 Å². The second-order valence-corrected chi connectivity index (χ2v) is 7.54. The van der Waals surface area contributed by atoms with E-state index in [4.69, 9.17) is 11.6 Å². The molecule has 1 N–H and O–H groups in total. The fourth-order valence-corrected chi connectivity index (χ4v) is 3.68. The Kier molecular flexibility index (Phi) is 7.87. The second kappa shape index (κ2) is 9.90. The smallest absolute Gasteiger partial charge is 0.256 e. The van der Waals surface area contributed by atoms with Crippen molar-refractivity contribution in [2.75, 3.05) is 19.6 Å². The third-order valence-electron chi connectivity index (χ3n) is 4.72. The number of hydrogen-bond donors (Lipinski definition) is 1. The highest BCUT2D eigenvalue weighted by Crippen LogP contribution is 2.23. The van der Waals surface area contributed by atoms with E-state index in [1.165, 1.54) is 5.56 Å². The first-order valence-electron chi connectivity index (χ1n) is 9.69. The Bertz CT molecular complexity index is 738. The molecule has 0 bridgehead atoms. The number of aryl methyl sites for hydroxylation is 1. The minimum absolute atomic E-state index is 0.120. The van der Waals surface area contributed by atoms with Gasteiger partial charge < -0.3 is 5.32 Å². The molecule has 1 aromatic carbocycles. The summed E-state index contributed by atoms with van der Waals surface area (Å²) in [6, 6.07) is 10.4. The summed E-state index contributed by atoms with van der Waals surface area (Å²) in [6.07, 6.45) is 0. The average molecular weight is 391 g/mol. The molecule has 0 fully saturated rings. The summed E-state index contributed by atoms with van der Waals surface area (Å²) in [6.45, 7) is 13.3. The molecule has 0 aliphatic carbocycles. The van der Waals surface area contributed by atoms with E-state index in [1.807, 2.05) is 25.1 Å². The molecule has 2 rings (SSSR count). The van der Waals surface area contributed by atoms with Crippen LogP contribution in [-0.2, 0) is 6.54 Å². The molecule has 148 valence electrons. The van der Waals surface area contributed by atoms with Gasteiger partial charge in [0.15, 0.2) is 0 Å². The standard InChI is InChI=1S/C21H31ClN4O/c1-6-25(7-2)18(17-11-9-8-10-12-17)13-23-21(27)19-16(5)24-26(20(19)22)14-15(3)4/h8-12,15,18H,6-7,13-14H2,1-5H3,(H,23,27). The molecule has 1 unspecified atom stereocenters. The van der Waals surface area contributed by atoms with Crippen LogP contribution >= 0.6 is 11.6 Å². The number of carbonyl (C=O) groups excluding carboxylic acids is 1. The number of carbonyl (C=O) groups is 1. The van der Waals surface area contributed by atoms with Crippen molar-refractivity contribution in [2.24, 2.45) is 5.92 Å². The summed E-state index contributed by atoms with van der Waals surface area (Å²) >= 11 is 6.45.